The van der Waals surface area contributed by atoms with E-state index in [0.29, 0.717) is 17.1 Å². The van der Waals surface area contributed by atoms with Gasteiger partial charge in [0.05, 0.1) is 0 Å². The zero-order valence-electron chi connectivity index (χ0n) is 13.3. The molecule has 4 rings (SSSR count). The number of rotatable bonds is 1. The third kappa shape index (κ3) is 2.25. The maximum Gasteiger partial charge on any atom is 0.258 e. The molecule has 23 heavy (non-hydrogen) atoms. The smallest absolute Gasteiger partial charge is 0.258 e. The molecule has 0 radical (unpaired) electrons. The minimum Gasteiger partial charge on any atom is -0.454 e. The van der Waals surface area contributed by atoms with Crippen molar-refractivity contribution in [1.29, 1.82) is 0 Å². The van der Waals surface area contributed by atoms with Crippen LogP contribution in [0.15, 0.2) is 42.5 Å². The molecular formula is C19H19NO3. The fourth-order valence-corrected chi connectivity index (χ4v) is 3.32. The second-order valence-electron chi connectivity index (χ2n) is 6.68. The van der Waals surface area contributed by atoms with Gasteiger partial charge in [0.25, 0.3) is 5.91 Å². The van der Waals surface area contributed by atoms with Crippen LogP contribution in [0.4, 0.5) is 5.69 Å². The van der Waals surface area contributed by atoms with Crippen LogP contribution in [-0.2, 0) is 5.41 Å². The lowest BCUT2D eigenvalue weighted by atomic mass is 9.77. The maximum atomic E-state index is 13.0. The number of ether oxygens (including phenoxy) is 2. The van der Waals surface area contributed by atoms with Crippen molar-refractivity contribution in [3.8, 4) is 11.5 Å². The lowest BCUT2D eigenvalue weighted by Gasteiger charge is -2.39. The standard InChI is InChI=1S/C19H19NO3/c1-19(2)9-10-20(15-6-4-3-5-14(15)19)18(21)13-7-8-16-17(11-13)23-12-22-16/h3-8,11H,9-10,12H2,1-2H3. The number of hydrogen-bond acceptors (Lipinski definition) is 3. The van der Waals surface area contributed by atoms with E-state index >= 15 is 0 Å². The second kappa shape index (κ2) is 5.01. The molecule has 0 fully saturated rings. The fraction of sp³-hybridized carbons (Fsp3) is 0.316. The molecule has 0 atom stereocenters. The summed E-state index contributed by atoms with van der Waals surface area (Å²) in [6.07, 6.45) is 0.945. The highest BCUT2D eigenvalue weighted by atomic mass is 16.7. The van der Waals surface area contributed by atoms with Gasteiger partial charge in [0.2, 0.25) is 6.79 Å². The number of nitrogens with zero attached hydrogens (tertiary/aromatic N) is 1. The molecule has 4 heteroatoms. The monoisotopic (exact) mass is 309 g/mol. The van der Waals surface area contributed by atoms with E-state index in [0.717, 1.165) is 18.7 Å². The van der Waals surface area contributed by atoms with Crippen molar-refractivity contribution in [2.24, 2.45) is 0 Å². The summed E-state index contributed by atoms with van der Waals surface area (Å²) in [4.78, 5) is 14.9. The molecule has 0 spiro atoms. The fourth-order valence-electron chi connectivity index (χ4n) is 3.32. The highest BCUT2D eigenvalue weighted by Gasteiger charge is 2.34. The third-order valence-electron chi connectivity index (χ3n) is 4.75. The number of benzene rings is 2. The molecule has 2 aliphatic heterocycles. The number of carbonyl (C=O) groups is 1. The van der Waals surface area contributed by atoms with E-state index in [9.17, 15) is 4.79 Å². The number of carbonyl (C=O) groups excluding carboxylic acids is 1. The summed E-state index contributed by atoms with van der Waals surface area (Å²) >= 11 is 0. The Morgan fingerprint density at radius 3 is 2.74 bits per heavy atom. The van der Waals surface area contributed by atoms with Gasteiger partial charge in [-0.2, -0.15) is 0 Å². The first kappa shape index (κ1) is 14.1. The van der Waals surface area contributed by atoms with E-state index in [1.54, 1.807) is 18.2 Å². The number of amides is 1. The SMILES string of the molecule is CC1(C)CCN(C(=O)c2ccc3c(c2)OCO3)c2ccccc21. The van der Waals surface area contributed by atoms with Crippen LogP contribution in [0.5, 0.6) is 11.5 Å². The normalized spacial score (nSPS) is 17.7. The van der Waals surface area contributed by atoms with Gasteiger partial charge in [0.1, 0.15) is 0 Å². The Hall–Kier alpha value is -2.49. The third-order valence-corrected chi connectivity index (χ3v) is 4.75. The first-order valence-corrected chi connectivity index (χ1v) is 7.87. The summed E-state index contributed by atoms with van der Waals surface area (Å²) in [6.45, 7) is 5.40. The molecule has 0 aliphatic carbocycles. The van der Waals surface area contributed by atoms with Crippen LogP contribution >= 0.6 is 0 Å². The minimum absolute atomic E-state index is 0.00579. The number of anilines is 1. The number of para-hydroxylation sites is 1. The van der Waals surface area contributed by atoms with E-state index in [2.05, 4.69) is 19.9 Å². The number of fused-ring (bicyclic) bond motifs is 2. The van der Waals surface area contributed by atoms with Crippen molar-refractivity contribution >= 4 is 11.6 Å². The van der Waals surface area contributed by atoms with E-state index in [4.69, 9.17) is 9.47 Å². The molecule has 1 amide bonds. The zero-order chi connectivity index (χ0) is 16.0. The number of hydrogen-bond donors (Lipinski definition) is 0. The molecule has 118 valence electrons. The summed E-state index contributed by atoms with van der Waals surface area (Å²) in [7, 11) is 0. The molecular weight excluding hydrogens is 290 g/mol. The van der Waals surface area contributed by atoms with Crippen LogP contribution < -0.4 is 14.4 Å². The second-order valence-corrected chi connectivity index (χ2v) is 6.68. The Kier molecular flexibility index (Phi) is 3.08. The highest BCUT2D eigenvalue weighted by Crippen LogP contribution is 2.40. The average molecular weight is 309 g/mol. The van der Waals surface area contributed by atoms with Crippen LogP contribution in [0.1, 0.15) is 36.2 Å². The van der Waals surface area contributed by atoms with E-state index < -0.39 is 0 Å². The van der Waals surface area contributed by atoms with Crippen molar-refractivity contribution in [3.63, 3.8) is 0 Å². The maximum absolute atomic E-state index is 13.0. The average Bonchev–Trinajstić information content (AvgIpc) is 3.02. The van der Waals surface area contributed by atoms with E-state index in [1.165, 1.54) is 5.56 Å². The Morgan fingerprint density at radius 2 is 1.87 bits per heavy atom. The van der Waals surface area contributed by atoms with Gasteiger partial charge < -0.3 is 14.4 Å². The molecule has 4 nitrogen and oxygen atoms in total. The molecule has 2 aliphatic rings. The van der Waals surface area contributed by atoms with Crippen molar-refractivity contribution < 1.29 is 14.3 Å². The van der Waals surface area contributed by atoms with Crippen LogP contribution in [-0.4, -0.2) is 19.2 Å². The van der Waals surface area contributed by atoms with Gasteiger partial charge in [-0.1, -0.05) is 32.0 Å². The molecule has 0 aromatic heterocycles. The zero-order valence-corrected chi connectivity index (χ0v) is 13.3. The summed E-state index contributed by atoms with van der Waals surface area (Å²) in [5.41, 5.74) is 2.94. The Morgan fingerprint density at radius 1 is 1.09 bits per heavy atom. The first-order valence-electron chi connectivity index (χ1n) is 7.87. The highest BCUT2D eigenvalue weighted by molar-refractivity contribution is 6.07. The molecule has 2 aromatic rings. The van der Waals surface area contributed by atoms with Crippen molar-refractivity contribution in [1.82, 2.24) is 0 Å². The Labute approximate surface area is 135 Å². The molecule has 0 saturated heterocycles. The molecule has 0 N–H and O–H groups in total. The quantitative estimate of drug-likeness (QED) is 0.805. The summed E-state index contributed by atoms with van der Waals surface area (Å²) in [5.74, 6) is 1.34. The van der Waals surface area contributed by atoms with Crippen LogP contribution in [0.3, 0.4) is 0 Å². The Bertz CT molecular complexity index is 782. The van der Waals surface area contributed by atoms with E-state index in [1.807, 2.05) is 23.1 Å². The van der Waals surface area contributed by atoms with Gasteiger partial charge in [-0.3, -0.25) is 4.79 Å². The molecule has 2 aromatic carbocycles. The largest absolute Gasteiger partial charge is 0.454 e. The van der Waals surface area contributed by atoms with Crippen LogP contribution in [0.2, 0.25) is 0 Å². The first-order chi connectivity index (χ1) is 11.1. The van der Waals surface area contributed by atoms with Gasteiger partial charge in [0.15, 0.2) is 11.5 Å². The molecule has 0 saturated carbocycles. The van der Waals surface area contributed by atoms with Gasteiger partial charge in [-0.05, 0) is 41.7 Å². The lowest BCUT2D eigenvalue weighted by molar-refractivity contribution is 0.0982. The lowest BCUT2D eigenvalue weighted by Crippen LogP contribution is -2.41. The molecule has 0 unspecified atom stereocenters. The van der Waals surface area contributed by atoms with Gasteiger partial charge in [0, 0.05) is 17.8 Å². The minimum atomic E-state index is 0.00579. The Balaban J connectivity index is 1.72. The molecule has 2 heterocycles. The van der Waals surface area contributed by atoms with Gasteiger partial charge in [-0.15, -0.1) is 0 Å². The summed E-state index contributed by atoms with van der Waals surface area (Å²) < 4.78 is 10.7. The van der Waals surface area contributed by atoms with Crippen LogP contribution in [0, 0.1) is 0 Å². The predicted molar refractivity (Wildman–Crippen MR) is 88.3 cm³/mol. The van der Waals surface area contributed by atoms with Gasteiger partial charge >= 0.3 is 0 Å². The topological polar surface area (TPSA) is 38.8 Å². The summed E-state index contributed by atoms with van der Waals surface area (Å²) in [6, 6.07) is 13.5. The molecule has 0 bridgehead atoms. The van der Waals surface area contributed by atoms with Crippen LogP contribution in [0.25, 0.3) is 0 Å². The van der Waals surface area contributed by atoms with E-state index in [-0.39, 0.29) is 18.1 Å². The van der Waals surface area contributed by atoms with Gasteiger partial charge in [-0.25, -0.2) is 0 Å². The van der Waals surface area contributed by atoms with Crippen molar-refractivity contribution in [2.75, 3.05) is 18.2 Å². The van der Waals surface area contributed by atoms with Crippen molar-refractivity contribution in [2.45, 2.75) is 25.7 Å². The predicted octanol–water partition coefficient (Wildman–Crippen LogP) is 3.74. The summed E-state index contributed by atoms with van der Waals surface area (Å²) in [5, 5.41) is 0. The van der Waals surface area contributed by atoms with Crippen molar-refractivity contribution in [3.05, 3.63) is 53.6 Å².